The molecule has 0 atom stereocenters. The molecule has 0 saturated heterocycles. The van der Waals surface area contributed by atoms with Crippen LogP contribution in [0.3, 0.4) is 0 Å². The number of methoxy groups -OCH3 is 2. The molecule has 11 heteroatoms. The molecule has 0 saturated carbocycles. The van der Waals surface area contributed by atoms with Gasteiger partial charge in [-0.2, -0.15) is 0 Å². The summed E-state index contributed by atoms with van der Waals surface area (Å²) >= 11 is 12.6. The van der Waals surface area contributed by atoms with E-state index in [4.69, 9.17) is 42.8 Å². The van der Waals surface area contributed by atoms with Crippen molar-refractivity contribution in [3.8, 4) is 11.5 Å². The van der Waals surface area contributed by atoms with Crippen molar-refractivity contribution >= 4 is 62.9 Å². The SMILES string of the molecule is CCOC(=O)c1sc(NC(=S)Nc2cc(OC)c(Cl)cc2OC)c(C(=O)OCC)c1C. The van der Waals surface area contributed by atoms with Crippen LogP contribution in [-0.2, 0) is 9.47 Å². The van der Waals surface area contributed by atoms with E-state index in [2.05, 4.69) is 10.6 Å². The van der Waals surface area contributed by atoms with Crippen molar-refractivity contribution in [3.05, 3.63) is 33.2 Å². The molecule has 1 aromatic heterocycles. The number of anilines is 2. The lowest BCUT2D eigenvalue weighted by molar-refractivity contribution is 0.0527. The third-order valence-electron chi connectivity index (χ3n) is 4.04. The Hall–Kier alpha value is -2.56. The first kappa shape index (κ1) is 24.7. The van der Waals surface area contributed by atoms with Crippen molar-refractivity contribution in [1.82, 2.24) is 0 Å². The highest BCUT2D eigenvalue weighted by molar-refractivity contribution is 7.80. The number of thiophene rings is 1. The van der Waals surface area contributed by atoms with Gasteiger partial charge in [0.1, 0.15) is 21.4 Å². The minimum Gasteiger partial charge on any atom is -0.495 e. The number of carbonyl (C=O) groups is 2. The second kappa shape index (κ2) is 11.2. The lowest BCUT2D eigenvalue weighted by atomic mass is 10.1. The molecule has 0 aliphatic rings. The van der Waals surface area contributed by atoms with Gasteiger partial charge in [0.25, 0.3) is 0 Å². The number of thiocarbonyl (C=S) groups is 1. The van der Waals surface area contributed by atoms with Gasteiger partial charge in [-0.25, -0.2) is 9.59 Å². The van der Waals surface area contributed by atoms with Gasteiger partial charge in [-0.3, -0.25) is 0 Å². The average Bonchev–Trinajstić information content (AvgIpc) is 3.05. The lowest BCUT2D eigenvalue weighted by Gasteiger charge is -2.15. The van der Waals surface area contributed by atoms with Crippen molar-refractivity contribution < 1.29 is 28.5 Å². The van der Waals surface area contributed by atoms with Gasteiger partial charge >= 0.3 is 11.9 Å². The maximum Gasteiger partial charge on any atom is 0.348 e. The molecular weight excluding hydrogens is 464 g/mol. The zero-order valence-corrected chi connectivity index (χ0v) is 20.1. The molecule has 168 valence electrons. The summed E-state index contributed by atoms with van der Waals surface area (Å²) < 4.78 is 20.8. The van der Waals surface area contributed by atoms with E-state index >= 15 is 0 Å². The highest BCUT2D eigenvalue weighted by atomic mass is 35.5. The number of nitrogens with one attached hydrogen (secondary N) is 2. The number of rotatable bonds is 8. The van der Waals surface area contributed by atoms with Crippen LogP contribution in [0.15, 0.2) is 12.1 Å². The fourth-order valence-corrected chi connectivity index (χ4v) is 4.26. The molecule has 0 radical (unpaired) electrons. The number of benzene rings is 1. The Balaban J connectivity index is 2.37. The number of carbonyl (C=O) groups excluding carboxylic acids is 2. The van der Waals surface area contributed by atoms with Crippen LogP contribution in [0, 0.1) is 6.92 Å². The van der Waals surface area contributed by atoms with E-state index < -0.39 is 11.9 Å². The number of ether oxygens (including phenoxy) is 4. The molecule has 0 aliphatic heterocycles. The summed E-state index contributed by atoms with van der Waals surface area (Å²) in [6.45, 7) is 5.47. The van der Waals surface area contributed by atoms with E-state index in [0.717, 1.165) is 11.3 Å². The summed E-state index contributed by atoms with van der Waals surface area (Å²) in [5.41, 5.74) is 1.18. The summed E-state index contributed by atoms with van der Waals surface area (Å²) in [4.78, 5) is 25.1. The van der Waals surface area contributed by atoms with E-state index in [1.54, 1.807) is 32.9 Å². The molecule has 0 fully saturated rings. The smallest absolute Gasteiger partial charge is 0.348 e. The molecule has 0 amide bonds. The van der Waals surface area contributed by atoms with Crippen LogP contribution in [0.5, 0.6) is 11.5 Å². The normalized spacial score (nSPS) is 10.3. The van der Waals surface area contributed by atoms with E-state index in [1.807, 2.05) is 0 Å². The topological polar surface area (TPSA) is 95.1 Å². The van der Waals surface area contributed by atoms with Crippen molar-refractivity contribution in [2.45, 2.75) is 20.8 Å². The Morgan fingerprint density at radius 2 is 1.65 bits per heavy atom. The quantitative estimate of drug-likeness (QED) is 0.399. The Kier molecular flexibility index (Phi) is 8.90. The van der Waals surface area contributed by atoms with Gasteiger partial charge in [0, 0.05) is 12.1 Å². The van der Waals surface area contributed by atoms with Gasteiger partial charge < -0.3 is 29.6 Å². The Morgan fingerprint density at radius 1 is 1.03 bits per heavy atom. The number of esters is 2. The Labute approximate surface area is 194 Å². The van der Waals surface area contributed by atoms with Crippen molar-refractivity contribution in [2.75, 3.05) is 38.1 Å². The average molecular weight is 487 g/mol. The summed E-state index contributed by atoms with van der Waals surface area (Å²) in [7, 11) is 2.98. The second-order valence-corrected chi connectivity index (χ2v) is 7.80. The van der Waals surface area contributed by atoms with Crippen LogP contribution in [0.25, 0.3) is 0 Å². The maximum absolute atomic E-state index is 12.5. The van der Waals surface area contributed by atoms with Crippen molar-refractivity contribution in [2.24, 2.45) is 0 Å². The third-order valence-corrected chi connectivity index (χ3v) is 5.72. The molecule has 0 unspecified atom stereocenters. The lowest BCUT2D eigenvalue weighted by Crippen LogP contribution is -2.20. The molecule has 0 spiro atoms. The fourth-order valence-electron chi connectivity index (χ4n) is 2.66. The van der Waals surface area contributed by atoms with Crippen LogP contribution >= 0.6 is 35.2 Å². The monoisotopic (exact) mass is 486 g/mol. The van der Waals surface area contributed by atoms with Gasteiger partial charge in [0.15, 0.2) is 5.11 Å². The van der Waals surface area contributed by atoms with E-state index in [0.29, 0.717) is 37.7 Å². The van der Waals surface area contributed by atoms with Crippen molar-refractivity contribution in [3.63, 3.8) is 0 Å². The number of halogens is 1. The first-order chi connectivity index (χ1) is 14.8. The highest BCUT2D eigenvalue weighted by Gasteiger charge is 2.27. The Morgan fingerprint density at radius 3 is 2.23 bits per heavy atom. The minimum atomic E-state index is -0.567. The van der Waals surface area contributed by atoms with E-state index in [9.17, 15) is 9.59 Å². The summed E-state index contributed by atoms with van der Waals surface area (Å²) in [6, 6.07) is 3.22. The molecule has 8 nitrogen and oxygen atoms in total. The second-order valence-electron chi connectivity index (χ2n) is 5.97. The zero-order valence-electron chi connectivity index (χ0n) is 17.7. The highest BCUT2D eigenvalue weighted by Crippen LogP contribution is 2.37. The standard InChI is InChI=1S/C20H23ClN2O6S2/c1-6-28-18(24)15-10(3)16(19(25)29-7-2)31-17(15)23-20(30)22-12-9-13(26-4)11(21)8-14(12)27-5/h8-9H,6-7H2,1-5H3,(H2,22,23,30). The Bertz CT molecular complexity index is 993. The molecule has 0 aliphatic carbocycles. The summed E-state index contributed by atoms with van der Waals surface area (Å²) in [6.07, 6.45) is 0. The van der Waals surface area contributed by atoms with E-state index in [-0.39, 0.29) is 23.9 Å². The van der Waals surface area contributed by atoms with Crippen LogP contribution in [-0.4, -0.2) is 44.5 Å². The molecule has 2 N–H and O–H groups in total. The molecule has 2 aromatic rings. The van der Waals surface area contributed by atoms with Gasteiger partial charge in [0.2, 0.25) is 0 Å². The molecular formula is C20H23ClN2O6S2. The van der Waals surface area contributed by atoms with Gasteiger partial charge in [0.05, 0.1) is 43.7 Å². The number of hydrogen-bond donors (Lipinski definition) is 2. The third kappa shape index (κ3) is 5.78. The maximum atomic E-state index is 12.5. The van der Waals surface area contributed by atoms with E-state index in [1.165, 1.54) is 14.2 Å². The predicted molar refractivity (Wildman–Crippen MR) is 125 cm³/mol. The predicted octanol–water partition coefficient (Wildman–Crippen LogP) is 4.89. The fraction of sp³-hybridized carbons (Fsp3) is 0.350. The number of hydrogen-bond acceptors (Lipinski definition) is 8. The largest absolute Gasteiger partial charge is 0.495 e. The minimum absolute atomic E-state index is 0.157. The van der Waals surface area contributed by atoms with Gasteiger partial charge in [-0.05, 0) is 38.6 Å². The molecule has 2 rings (SSSR count). The molecule has 0 bridgehead atoms. The zero-order chi connectivity index (χ0) is 23.1. The van der Waals surface area contributed by atoms with Gasteiger partial charge in [-0.15, -0.1) is 11.3 Å². The molecule has 1 aromatic carbocycles. The first-order valence-electron chi connectivity index (χ1n) is 9.24. The van der Waals surface area contributed by atoms with Gasteiger partial charge in [-0.1, -0.05) is 11.6 Å². The van der Waals surface area contributed by atoms with Crippen LogP contribution in [0.1, 0.15) is 39.4 Å². The molecule has 31 heavy (non-hydrogen) atoms. The first-order valence-corrected chi connectivity index (χ1v) is 10.8. The summed E-state index contributed by atoms with van der Waals surface area (Å²) in [5, 5.41) is 6.84. The van der Waals surface area contributed by atoms with Crippen molar-refractivity contribution in [1.29, 1.82) is 0 Å². The van der Waals surface area contributed by atoms with Crippen LogP contribution in [0.4, 0.5) is 10.7 Å². The summed E-state index contributed by atoms with van der Waals surface area (Å²) in [5.74, 6) is -0.221. The van der Waals surface area contributed by atoms with Crippen LogP contribution < -0.4 is 20.1 Å². The molecule has 1 heterocycles. The van der Waals surface area contributed by atoms with Crippen LogP contribution in [0.2, 0.25) is 5.02 Å².